The van der Waals surface area contributed by atoms with E-state index in [1.54, 1.807) is 6.20 Å². The maximum Gasteiger partial charge on any atom is 0.155 e. The van der Waals surface area contributed by atoms with Crippen molar-refractivity contribution in [1.82, 2.24) is 14.6 Å². The Hall–Kier alpha value is -0.690. The first kappa shape index (κ1) is 9.53. The van der Waals surface area contributed by atoms with Crippen LogP contribution >= 0.6 is 22.6 Å². The Labute approximate surface area is 100 Å². The molecule has 0 radical (unpaired) electrons. The Balaban J connectivity index is 2.25. The number of aliphatic hydroxyl groups excluding tert-OH is 1. The van der Waals surface area contributed by atoms with Crippen molar-refractivity contribution in [3.05, 3.63) is 27.2 Å². The van der Waals surface area contributed by atoms with Crippen LogP contribution in [-0.4, -0.2) is 19.7 Å². The standard InChI is InChI=1S/C10H10IN3O/c11-8-4-12-9-3-7(5-15)10(6-1-2-6)13-14(8)9/h3-4,6,15H,1-2,5H2. The van der Waals surface area contributed by atoms with Crippen LogP contribution in [0.5, 0.6) is 0 Å². The highest BCUT2D eigenvalue weighted by Gasteiger charge is 2.28. The molecule has 1 fully saturated rings. The summed E-state index contributed by atoms with van der Waals surface area (Å²) in [6.45, 7) is 0.0543. The van der Waals surface area contributed by atoms with Crippen LogP contribution in [0.1, 0.15) is 30.0 Å². The summed E-state index contributed by atoms with van der Waals surface area (Å²) >= 11 is 2.21. The summed E-state index contributed by atoms with van der Waals surface area (Å²) in [4.78, 5) is 4.23. The van der Waals surface area contributed by atoms with Gasteiger partial charge in [-0.2, -0.15) is 5.10 Å². The highest BCUT2D eigenvalue weighted by molar-refractivity contribution is 14.1. The van der Waals surface area contributed by atoms with Gasteiger partial charge in [0.15, 0.2) is 5.65 Å². The molecule has 15 heavy (non-hydrogen) atoms. The van der Waals surface area contributed by atoms with Gasteiger partial charge in [0.05, 0.1) is 18.5 Å². The first-order valence-corrected chi connectivity index (χ1v) is 6.01. The van der Waals surface area contributed by atoms with Crippen LogP contribution < -0.4 is 0 Å². The quantitative estimate of drug-likeness (QED) is 0.858. The second-order valence-electron chi connectivity index (χ2n) is 3.84. The van der Waals surface area contributed by atoms with Crippen molar-refractivity contribution < 1.29 is 5.11 Å². The van der Waals surface area contributed by atoms with Gasteiger partial charge in [0.25, 0.3) is 0 Å². The van der Waals surface area contributed by atoms with Crippen molar-refractivity contribution in [3.63, 3.8) is 0 Å². The molecule has 2 aromatic heterocycles. The molecule has 0 unspecified atom stereocenters. The van der Waals surface area contributed by atoms with Crippen molar-refractivity contribution in [1.29, 1.82) is 0 Å². The number of aliphatic hydroxyl groups is 1. The van der Waals surface area contributed by atoms with Crippen LogP contribution in [0.4, 0.5) is 0 Å². The largest absolute Gasteiger partial charge is 0.392 e. The Bertz CT molecular complexity index is 519. The molecule has 2 aromatic rings. The predicted molar refractivity (Wildman–Crippen MR) is 63.6 cm³/mol. The van der Waals surface area contributed by atoms with E-state index in [0.29, 0.717) is 5.92 Å². The van der Waals surface area contributed by atoms with Crippen LogP contribution in [-0.2, 0) is 6.61 Å². The molecule has 1 N–H and O–H groups in total. The zero-order valence-electron chi connectivity index (χ0n) is 8.02. The number of halogens is 1. The zero-order chi connectivity index (χ0) is 10.4. The number of aromatic nitrogens is 3. The molecule has 1 saturated carbocycles. The molecule has 5 heteroatoms. The Morgan fingerprint density at radius 2 is 2.33 bits per heavy atom. The number of rotatable bonds is 2. The molecular weight excluding hydrogens is 305 g/mol. The SMILES string of the molecule is OCc1cc2ncc(I)n2nc1C1CC1. The molecule has 78 valence electrons. The predicted octanol–water partition coefficient (Wildman–Crippen LogP) is 1.70. The fraction of sp³-hybridized carbons (Fsp3) is 0.400. The van der Waals surface area contributed by atoms with E-state index in [1.807, 2.05) is 10.6 Å². The summed E-state index contributed by atoms with van der Waals surface area (Å²) in [6, 6.07) is 1.93. The maximum absolute atomic E-state index is 9.28. The number of hydrogen-bond donors (Lipinski definition) is 1. The lowest BCUT2D eigenvalue weighted by molar-refractivity contribution is 0.279. The fourth-order valence-electron chi connectivity index (χ4n) is 1.76. The first-order valence-electron chi connectivity index (χ1n) is 4.93. The monoisotopic (exact) mass is 315 g/mol. The Morgan fingerprint density at radius 1 is 1.53 bits per heavy atom. The molecule has 0 amide bonds. The summed E-state index contributed by atoms with van der Waals surface area (Å²) < 4.78 is 2.85. The van der Waals surface area contributed by atoms with Gasteiger partial charge in [0.2, 0.25) is 0 Å². The lowest BCUT2D eigenvalue weighted by atomic mass is 10.1. The van der Waals surface area contributed by atoms with Crippen LogP contribution in [0.25, 0.3) is 5.65 Å². The van der Waals surface area contributed by atoms with Crippen molar-refractivity contribution >= 4 is 28.2 Å². The summed E-state index contributed by atoms with van der Waals surface area (Å²) in [7, 11) is 0. The van der Waals surface area contributed by atoms with Gasteiger partial charge in [-0.1, -0.05) is 0 Å². The molecule has 0 spiro atoms. The van der Waals surface area contributed by atoms with Gasteiger partial charge in [-0.25, -0.2) is 9.50 Å². The maximum atomic E-state index is 9.28. The fourth-order valence-corrected chi connectivity index (χ4v) is 2.26. The average Bonchev–Trinajstić information content (AvgIpc) is 3.04. The van der Waals surface area contributed by atoms with E-state index >= 15 is 0 Å². The van der Waals surface area contributed by atoms with E-state index in [2.05, 4.69) is 32.7 Å². The third-order valence-electron chi connectivity index (χ3n) is 2.70. The summed E-state index contributed by atoms with van der Waals surface area (Å²) in [5.74, 6) is 0.551. The van der Waals surface area contributed by atoms with Gasteiger partial charge in [-0.3, -0.25) is 0 Å². The van der Waals surface area contributed by atoms with Gasteiger partial charge in [0, 0.05) is 11.5 Å². The smallest absolute Gasteiger partial charge is 0.155 e. The lowest BCUT2D eigenvalue weighted by Gasteiger charge is -2.05. The van der Waals surface area contributed by atoms with Gasteiger partial charge >= 0.3 is 0 Å². The molecule has 3 rings (SSSR count). The molecule has 2 heterocycles. The van der Waals surface area contributed by atoms with Crippen LogP contribution in [0.3, 0.4) is 0 Å². The van der Waals surface area contributed by atoms with E-state index in [0.717, 1.165) is 20.6 Å². The van der Waals surface area contributed by atoms with E-state index in [1.165, 1.54) is 12.8 Å². The molecule has 0 aliphatic heterocycles. The topological polar surface area (TPSA) is 50.4 Å². The molecule has 0 bridgehead atoms. The second-order valence-corrected chi connectivity index (χ2v) is 4.94. The number of nitrogens with zero attached hydrogens (tertiary/aromatic N) is 3. The van der Waals surface area contributed by atoms with E-state index in [9.17, 15) is 5.11 Å². The molecule has 1 aliphatic carbocycles. The van der Waals surface area contributed by atoms with Crippen molar-refractivity contribution in [3.8, 4) is 0 Å². The second kappa shape index (κ2) is 3.41. The minimum atomic E-state index is 0.0543. The first-order chi connectivity index (χ1) is 7.29. The van der Waals surface area contributed by atoms with Gasteiger partial charge in [-0.15, -0.1) is 0 Å². The molecule has 0 aromatic carbocycles. The number of fused-ring (bicyclic) bond motifs is 1. The highest BCUT2D eigenvalue weighted by atomic mass is 127. The molecular formula is C10H10IN3O. The van der Waals surface area contributed by atoms with Gasteiger partial charge < -0.3 is 5.11 Å². The number of hydrogen-bond acceptors (Lipinski definition) is 3. The van der Waals surface area contributed by atoms with Gasteiger partial charge in [-0.05, 0) is 41.5 Å². The minimum Gasteiger partial charge on any atom is -0.392 e. The third-order valence-corrected chi connectivity index (χ3v) is 3.43. The summed E-state index contributed by atoms with van der Waals surface area (Å²) in [5.41, 5.74) is 2.78. The van der Waals surface area contributed by atoms with E-state index in [-0.39, 0.29) is 6.61 Å². The van der Waals surface area contributed by atoms with Crippen molar-refractivity contribution in [2.45, 2.75) is 25.4 Å². The summed E-state index contributed by atoms with van der Waals surface area (Å²) in [6.07, 6.45) is 4.17. The van der Waals surface area contributed by atoms with E-state index < -0.39 is 0 Å². The minimum absolute atomic E-state index is 0.0543. The van der Waals surface area contributed by atoms with Crippen LogP contribution in [0.15, 0.2) is 12.3 Å². The van der Waals surface area contributed by atoms with Crippen molar-refractivity contribution in [2.24, 2.45) is 0 Å². The van der Waals surface area contributed by atoms with Crippen LogP contribution in [0.2, 0.25) is 0 Å². The zero-order valence-corrected chi connectivity index (χ0v) is 10.2. The number of imidazole rings is 1. The average molecular weight is 315 g/mol. The Morgan fingerprint density at radius 3 is 3.00 bits per heavy atom. The van der Waals surface area contributed by atoms with Crippen LogP contribution in [0, 0.1) is 3.70 Å². The summed E-state index contributed by atoms with van der Waals surface area (Å²) in [5, 5.41) is 13.8. The van der Waals surface area contributed by atoms with Crippen molar-refractivity contribution in [2.75, 3.05) is 0 Å². The Kier molecular flexibility index (Phi) is 2.17. The highest BCUT2D eigenvalue weighted by Crippen LogP contribution is 2.40. The molecule has 1 aliphatic rings. The third kappa shape index (κ3) is 1.53. The van der Waals surface area contributed by atoms with Gasteiger partial charge in [0.1, 0.15) is 3.70 Å². The van der Waals surface area contributed by atoms with E-state index in [4.69, 9.17) is 0 Å². The molecule has 0 saturated heterocycles. The molecule has 0 atom stereocenters. The normalized spacial score (nSPS) is 16.1. The molecule has 4 nitrogen and oxygen atoms in total. The lowest BCUT2D eigenvalue weighted by Crippen LogP contribution is -2.03.